The highest BCUT2D eigenvalue weighted by Crippen LogP contribution is 2.28. The monoisotopic (exact) mass is 358 g/mol. The van der Waals surface area contributed by atoms with Gasteiger partial charge in [0.2, 0.25) is 5.91 Å². The molecule has 1 fully saturated rings. The van der Waals surface area contributed by atoms with Crippen molar-refractivity contribution < 1.29 is 4.79 Å². The molecule has 1 saturated heterocycles. The molecule has 1 aliphatic heterocycles. The van der Waals surface area contributed by atoms with E-state index < -0.39 is 0 Å². The van der Waals surface area contributed by atoms with Gasteiger partial charge in [-0.1, -0.05) is 42.8 Å². The topological polar surface area (TPSA) is 51.0 Å². The molecule has 0 N–H and O–H groups in total. The number of likely N-dealkylation sites (tertiary alicyclic amines) is 1. The number of benzene rings is 1. The summed E-state index contributed by atoms with van der Waals surface area (Å²) in [7, 11) is 0. The van der Waals surface area contributed by atoms with E-state index in [-0.39, 0.29) is 11.2 Å². The average Bonchev–Trinajstić information content (AvgIpc) is 2.81. The van der Waals surface area contributed by atoms with Crippen molar-refractivity contribution in [2.24, 2.45) is 0 Å². The Morgan fingerprint density at radius 1 is 1.08 bits per heavy atom. The number of thioether (sulfide) groups is 1. The maximum absolute atomic E-state index is 12.8. The summed E-state index contributed by atoms with van der Waals surface area (Å²) in [6.07, 6.45) is 4.68. The Bertz CT molecular complexity index is 735. The number of carbonyl (C=O) groups is 1. The van der Waals surface area contributed by atoms with Crippen LogP contribution in [0.2, 0.25) is 0 Å². The SMILES string of the molecule is Cc1ccccc1-n1c(C)nnc1S[C@@H](C)C(=O)N1CCCCCC1. The van der Waals surface area contributed by atoms with Gasteiger partial charge in [-0.3, -0.25) is 9.36 Å². The van der Waals surface area contributed by atoms with E-state index in [0.29, 0.717) is 0 Å². The lowest BCUT2D eigenvalue weighted by Crippen LogP contribution is -2.37. The molecule has 2 heterocycles. The Hall–Kier alpha value is -1.82. The lowest BCUT2D eigenvalue weighted by molar-refractivity contribution is -0.130. The molecule has 1 aromatic carbocycles. The fourth-order valence-corrected chi connectivity index (χ4v) is 4.26. The first-order valence-corrected chi connectivity index (χ1v) is 9.89. The van der Waals surface area contributed by atoms with E-state index in [1.807, 2.05) is 35.4 Å². The number of nitrogens with zero attached hydrogens (tertiary/aromatic N) is 4. The molecular weight excluding hydrogens is 332 g/mol. The van der Waals surface area contributed by atoms with Crippen molar-refractivity contribution in [2.75, 3.05) is 13.1 Å². The molecule has 0 aliphatic carbocycles. The molecule has 2 aromatic rings. The normalized spacial score (nSPS) is 16.5. The molecule has 6 heteroatoms. The van der Waals surface area contributed by atoms with Gasteiger partial charge in [-0.2, -0.15) is 0 Å². The van der Waals surface area contributed by atoms with Crippen molar-refractivity contribution in [3.63, 3.8) is 0 Å². The average molecular weight is 359 g/mol. The zero-order valence-corrected chi connectivity index (χ0v) is 16.1. The van der Waals surface area contributed by atoms with E-state index in [1.54, 1.807) is 0 Å². The quantitative estimate of drug-likeness (QED) is 0.781. The molecule has 0 saturated carbocycles. The van der Waals surface area contributed by atoms with Crippen LogP contribution in [0.4, 0.5) is 0 Å². The van der Waals surface area contributed by atoms with E-state index >= 15 is 0 Å². The van der Waals surface area contributed by atoms with E-state index in [4.69, 9.17) is 0 Å². The Morgan fingerprint density at radius 2 is 1.76 bits per heavy atom. The molecule has 0 radical (unpaired) electrons. The third kappa shape index (κ3) is 4.06. The minimum Gasteiger partial charge on any atom is -0.342 e. The number of para-hydroxylation sites is 1. The summed E-state index contributed by atoms with van der Waals surface area (Å²) in [5.41, 5.74) is 2.24. The number of hydrogen-bond donors (Lipinski definition) is 0. The van der Waals surface area contributed by atoms with Crippen LogP contribution in [0.25, 0.3) is 5.69 Å². The second kappa shape index (κ2) is 8.04. The largest absolute Gasteiger partial charge is 0.342 e. The Balaban J connectivity index is 1.79. The van der Waals surface area contributed by atoms with E-state index in [0.717, 1.165) is 42.6 Å². The second-order valence-corrected chi connectivity index (χ2v) is 7.96. The fraction of sp³-hybridized carbons (Fsp3) is 0.526. The van der Waals surface area contributed by atoms with Crippen LogP contribution in [0.3, 0.4) is 0 Å². The molecule has 25 heavy (non-hydrogen) atoms. The van der Waals surface area contributed by atoms with Crippen molar-refractivity contribution in [1.29, 1.82) is 0 Å². The lowest BCUT2D eigenvalue weighted by atomic mass is 10.2. The summed E-state index contributed by atoms with van der Waals surface area (Å²) in [5.74, 6) is 1.05. The van der Waals surface area contributed by atoms with Gasteiger partial charge in [-0.15, -0.1) is 10.2 Å². The molecule has 0 spiro atoms. The molecular formula is C19H26N4OS. The molecule has 0 bridgehead atoms. The number of aromatic nitrogens is 3. The van der Waals surface area contributed by atoms with Gasteiger partial charge in [-0.25, -0.2) is 0 Å². The van der Waals surface area contributed by atoms with Crippen LogP contribution in [-0.2, 0) is 4.79 Å². The van der Waals surface area contributed by atoms with E-state index in [1.165, 1.54) is 30.2 Å². The van der Waals surface area contributed by atoms with Gasteiger partial charge in [0.15, 0.2) is 5.16 Å². The summed E-state index contributed by atoms with van der Waals surface area (Å²) < 4.78 is 2.05. The molecule has 1 aliphatic rings. The first-order chi connectivity index (χ1) is 12.1. The summed E-state index contributed by atoms with van der Waals surface area (Å²) >= 11 is 1.50. The fourth-order valence-electron chi connectivity index (χ4n) is 3.27. The van der Waals surface area contributed by atoms with Gasteiger partial charge >= 0.3 is 0 Å². The van der Waals surface area contributed by atoms with Gasteiger partial charge in [-0.05, 0) is 45.2 Å². The van der Waals surface area contributed by atoms with E-state index in [9.17, 15) is 4.79 Å². The summed E-state index contributed by atoms with van der Waals surface area (Å²) in [4.78, 5) is 14.8. The minimum atomic E-state index is -0.163. The zero-order valence-electron chi connectivity index (χ0n) is 15.2. The van der Waals surface area contributed by atoms with Crippen molar-refractivity contribution in [3.05, 3.63) is 35.7 Å². The molecule has 1 aromatic heterocycles. The summed E-state index contributed by atoms with van der Waals surface area (Å²) in [6, 6.07) is 8.19. The standard InChI is InChI=1S/C19H26N4OS/c1-14-10-6-7-11-17(14)23-16(3)20-21-19(23)25-15(2)18(24)22-12-8-4-5-9-13-22/h6-7,10-11,15H,4-5,8-9,12-13H2,1-3H3/t15-/m0/s1. The molecule has 3 rings (SSSR count). The lowest BCUT2D eigenvalue weighted by Gasteiger charge is -2.23. The number of carbonyl (C=O) groups excluding carboxylic acids is 1. The smallest absolute Gasteiger partial charge is 0.235 e. The Kier molecular flexibility index (Phi) is 5.78. The van der Waals surface area contributed by atoms with Crippen molar-refractivity contribution >= 4 is 17.7 Å². The van der Waals surface area contributed by atoms with Gasteiger partial charge in [0, 0.05) is 13.1 Å². The van der Waals surface area contributed by atoms with Crippen LogP contribution in [0, 0.1) is 13.8 Å². The number of rotatable bonds is 4. The highest BCUT2D eigenvalue weighted by Gasteiger charge is 2.25. The Labute approximate surface area is 153 Å². The minimum absolute atomic E-state index is 0.163. The van der Waals surface area contributed by atoms with Crippen molar-refractivity contribution in [3.8, 4) is 5.69 Å². The maximum Gasteiger partial charge on any atom is 0.235 e. The van der Waals surface area contributed by atoms with Crippen LogP contribution in [0.15, 0.2) is 29.4 Å². The molecule has 134 valence electrons. The third-order valence-corrected chi connectivity index (χ3v) is 5.73. The number of amides is 1. The van der Waals surface area contributed by atoms with E-state index in [2.05, 4.69) is 29.3 Å². The molecule has 1 atom stereocenters. The molecule has 5 nitrogen and oxygen atoms in total. The van der Waals surface area contributed by atoms with Crippen molar-refractivity contribution in [2.45, 2.75) is 56.9 Å². The number of hydrogen-bond acceptors (Lipinski definition) is 4. The van der Waals surface area contributed by atoms with Crippen molar-refractivity contribution in [1.82, 2.24) is 19.7 Å². The van der Waals surface area contributed by atoms with Crippen LogP contribution >= 0.6 is 11.8 Å². The highest BCUT2D eigenvalue weighted by atomic mass is 32.2. The van der Waals surface area contributed by atoms with Gasteiger partial charge in [0.25, 0.3) is 0 Å². The molecule has 1 amide bonds. The second-order valence-electron chi connectivity index (χ2n) is 6.65. The van der Waals surface area contributed by atoms with Crippen LogP contribution < -0.4 is 0 Å². The Morgan fingerprint density at radius 3 is 2.44 bits per heavy atom. The van der Waals surface area contributed by atoms with Crippen LogP contribution in [0.5, 0.6) is 0 Å². The third-order valence-electron chi connectivity index (χ3n) is 4.70. The van der Waals surface area contributed by atoms with Crippen LogP contribution in [0.1, 0.15) is 44.0 Å². The zero-order chi connectivity index (χ0) is 17.8. The highest BCUT2D eigenvalue weighted by molar-refractivity contribution is 8.00. The summed E-state index contributed by atoms with van der Waals surface area (Å²) in [6.45, 7) is 7.77. The van der Waals surface area contributed by atoms with Crippen LogP contribution in [-0.4, -0.2) is 43.9 Å². The van der Waals surface area contributed by atoms with Gasteiger partial charge < -0.3 is 4.90 Å². The van der Waals surface area contributed by atoms with Gasteiger partial charge in [0.1, 0.15) is 5.82 Å². The molecule has 0 unspecified atom stereocenters. The predicted molar refractivity (Wildman–Crippen MR) is 101 cm³/mol. The first-order valence-electron chi connectivity index (χ1n) is 9.01. The summed E-state index contributed by atoms with van der Waals surface area (Å²) in [5, 5.41) is 9.18. The maximum atomic E-state index is 12.8. The number of aryl methyl sites for hydroxylation is 2. The first kappa shape index (κ1) is 18.0. The predicted octanol–water partition coefficient (Wildman–Crippen LogP) is 3.77. The van der Waals surface area contributed by atoms with Gasteiger partial charge in [0.05, 0.1) is 10.9 Å².